The SMILES string of the molecule is COc1ccc2c(c1)C=C(C=O)Cn1c-2c(C2CCCCC2)c2ccccc21. The van der Waals surface area contributed by atoms with E-state index >= 15 is 0 Å². The number of methoxy groups -OCH3 is 1. The molecule has 28 heavy (non-hydrogen) atoms. The van der Waals surface area contributed by atoms with E-state index in [0.717, 1.165) is 23.2 Å². The van der Waals surface area contributed by atoms with Gasteiger partial charge in [-0.05, 0) is 60.2 Å². The van der Waals surface area contributed by atoms with E-state index in [2.05, 4.69) is 41.0 Å². The van der Waals surface area contributed by atoms with Gasteiger partial charge in [0.25, 0.3) is 0 Å². The van der Waals surface area contributed by atoms with Crippen LogP contribution in [-0.4, -0.2) is 18.0 Å². The van der Waals surface area contributed by atoms with Crippen molar-refractivity contribution >= 4 is 23.3 Å². The highest BCUT2D eigenvalue weighted by Crippen LogP contribution is 2.46. The molecule has 0 radical (unpaired) electrons. The summed E-state index contributed by atoms with van der Waals surface area (Å²) in [4.78, 5) is 11.8. The lowest BCUT2D eigenvalue weighted by Crippen LogP contribution is -2.07. The number of aromatic nitrogens is 1. The van der Waals surface area contributed by atoms with Gasteiger partial charge in [0.1, 0.15) is 12.0 Å². The van der Waals surface area contributed by atoms with E-state index in [9.17, 15) is 4.79 Å². The Morgan fingerprint density at radius 3 is 2.68 bits per heavy atom. The van der Waals surface area contributed by atoms with Gasteiger partial charge in [0.15, 0.2) is 0 Å². The molecule has 1 aliphatic heterocycles. The standard InChI is InChI=1S/C25H25NO2/c1-28-20-11-12-21-19(14-20)13-17(16-27)15-26-23-10-6-5-9-22(23)24(25(21)26)18-7-3-2-4-8-18/h5-6,9-14,16,18H,2-4,7-8,15H2,1H3. The zero-order valence-corrected chi connectivity index (χ0v) is 16.3. The summed E-state index contributed by atoms with van der Waals surface area (Å²) in [5, 5.41) is 1.35. The van der Waals surface area contributed by atoms with Crippen LogP contribution in [0.4, 0.5) is 0 Å². The maximum atomic E-state index is 11.8. The van der Waals surface area contributed by atoms with Gasteiger partial charge in [-0.2, -0.15) is 0 Å². The van der Waals surface area contributed by atoms with Crippen LogP contribution in [0.1, 0.15) is 49.1 Å². The highest BCUT2D eigenvalue weighted by atomic mass is 16.5. The van der Waals surface area contributed by atoms with Gasteiger partial charge in [-0.25, -0.2) is 0 Å². The van der Waals surface area contributed by atoms with Crippen molar-refractivity contribution in [1.29, 1.82) is 0 Å². The first-order valence-electron chi connectivity index (χ1n) is 10.3. The second kappa shape index (κ2) is 6.97. The Morgan fingerprint density at radius 2 is 1.89 bits per heavy atom. The van der Waals surface area contributed by atoms with E-state index in [4.69, 9.17) is 4.74 Å². The van der Waals surface area contributed by atoms with Crippen LogP contribution in [0.25, 0.3) is 28.2 Å². The van der Waals surface area contributed by atoms with Crippen LogP contribution in [0.2, 0.25) is 0 Å². The molecule has 0 unspecified atom stereocenters. The lowest BCUT2D eigenvalue weighted by molar-refractivity contribution is -0.105. The summed E-state index contributed by atoms with van der Waals surface area (Å²) in [5.41, 5.74) is 7.06. The van der Waals surface area contributed by atoms with Gasteiger partial charge >= 0.3 is 0 Å². The summed E-state index contributed by atoms with van der Waals surface area (Å²) in [6, 6.07) is 14.9. The van der Waals surface area contributed by atoms with Gasteiger partial charge < -0.3 is 9.30 Å². The molecule has 5 rings (SSSR count). The molecule has 2 aromatic carbocycles. The second-order valence-electron chi connectivity index (χ2n) is 7.99. The number of carbonyl (C=O) groups excluding carboxylic acids is 1. The number of carbonyl (C=O) groups is 1. The fourth-order valence-corrected chi connectivity index (χ4v) is 5.09. The third kappa shape index (κ3) is 2.69. The predicted octanol–water partition coefficient (Wildman–Crippen LogP) is 5.96. The molecular formula is C25H25NO2. The number of para-hydroxylation sites is 1. The summed E-state index contributed by atoms with van der Waals surface area (Å²) < 4.78 is 7.82. The average molecular weight is 371 g/mol. The van der Waals surface area contributed by atoms with E-state index in [1.165, 1.54) is 59.8 Å². The van der Waals surface area contributed by atoms with Crippen molar-refractivity contribution in [1.82, 2.24) is 4.57 Å². The van der Waals surface area contributed by atoms with E-state index < -0.39 is 0 Å². The van der Waals surface area contributed by atoms with Crippen LogP contribution in [0.5, 0.6) is 5.75 Å². The number of fused-ring (bicyclic) bond motifs is 5. The van der Waals surface area contributed by atoms with E-state index in [1.54, 1.807) is 7.11 Å². The van der Waals surface area contributed by atoms with Gasteiger partial charge in [0.2, 0.25) is 0 Å². The zero-order chi connectivity index (χ0) is 19.1. The largest absolute Gasteiger partial charge is 0.497 e. The fraction of sp³-hybridized carbons (Fsp3) is 0.320. The average Bonchev–Trinajstić information content (AvgIpc) is 2.98. The number of rotatable bonds is 3. The maximum absolute atomic E-state index is 11.8. The van der Waals surface area contributed by atoms with Gasteiger partial charge in [-0.15, -0.1) is 0 Å². The van der Waals surface area contributed by atoms with Crippen LogP contribution >= 0.6 is 0 Å². The Hall–Kier alpha value is -2.81. The molecule has 1 saturated carbocycles. The van der Waals surface area contributed by atoms with Crippen molar-refractivity contribution in [2.45, 2.75) is 44.6 Å². The minimum Gasteiger partial charge on any atom is -0.497 e. The molecule has 142 valence electrons. The number of hydrogen-bond donors (Lipinski definition) is 0. The maximum Gasteiger partial charge on any atom is 0.147 e. The van der Waals surface area contributed by atoms with Crippen LogP contribution in [-0.2, 0) is 11.3 Å². The number of aldehydes is 1. The summed E-state index contributed by atoms with van der Waals surface area (Å²) >= 11 is 0. The summed E-state index contributed by atoms with van der Waals surface area (Å²) in [6.45, 7) is 0.614. The molecule has 0 N–H and O–H groups in total. The Kier molecular flexibility index (Phi) is 4.31. The summed E-state index contributed by atoms with van der Waals surface area (Å²) in [7, 11) is 1.69. The van der Waals surface area contributed by atoms with Crippen molar-refractivity contribution in [3.05, 3.63) is 59.2 Å². The first kappa shape index (κ1) is 17.3. The topological polar surface area (TPSA) is 31.2 Å². The van der Waals surface area contributed by atoms with Crippen molar-refractivity contribution in [2.24, 2.45) is 0 Å². The molecule has 0 spiro atoms. The molecule has 1 fully saturated rings. The van der Waals surface area contributed by atoms with Crippen molar-refractivity contribution in [3.8, 4) is 17.0 Å². The molecule has 0 atom stereocenters. The molecule has 2 aliphatic rings. The molecule has 0 amide bonds. The lowest BCUT2D eigenvalue weighted by Gasteiger charge is -2.24. The van der Waals surface area contributed by atoms with Gasteiger partial charge in [0, 0.05) is 22.0 Å². The minimum absolute atomic E-state index is 0.586. The van der Waals surface area contributed by atoms with E-state index in [0.29, 0.717) is 12.5 Å². The first-order chi connectivity index (χ1) is 13.8. The lowest BCUT2D eigenvalue weighted by atomic mass is 9.81. The Labute approximate surface area is 165 Å². The van der Waals surface area contributed by atoms with Crippen molar-refractivity contribution in [2.75, 3.05) is 7.11 Å². The number of ether oxygens (including phenoxy) is 1. The van der Waals surface area contributed by atoms with Crippen LogP contribution in [0.3, 0.4) is 0 Å². The molecule has 2 heterocycles. The van der Waals surface area contributed by atoms with Crippen molar-refractivity contribution < 1.29 is 9.53 Å². The van der Waals surface area contributed by atoms with Gasteiger partial charge in [-0.3, -0.25) is 4.79 Å². The minimum atomic E-state index is 0.586. The third-order valence-corrected chi connectivity index (χ3v) is 6.37. The molecule has 0 saturated heterocycles. The van der Waals surface area contributed by atoms with E-state index in [1.807, 2.05) is 12.1 Å². The number of hydrogen-bond acceptors (Lipinski definition) is 2. The highest BCUT2D eigenvalue weighted by Gasteiger charge is 2.28. The second-order valence-corrected chi connectivity index (χ2v) is 7.99. The number of allylic oxidation sites excluding steroid dienone is 1. The third-order valence-electron chi connectivity index (χ3n) is 6.37. The number of benzene rings is 2. The molecule has 3 aromatic rings. The van der Waals surface area contributed by atoms with Crippen LogP contribution < -0.4 is 4.74 Å². The highest BCUT2D eigenvalue weighted by molar-refractivity contribution is 5.97. The fourth-order valence-electron chi connectivity index (χ4n) is 5.09. The summed E-state index contributed by atoms with van der Waals surface area (Å²) in [5.74, 6) is 1.41. The van der Waals surface area contributed by atoms with Crippen LogP contribution in [0.15, 0.2) is 48.0 Å². The smallest absolute Gasteiger partial charge is 0.147 e. The molecular weight excluding hydrogens is 346 g/mol. The van der Waals surface area contributed by atoms with Crippen LogP contribution in [0, 0.1) is 0 Å². The Morgan fingerprint density at radius 1 is 1.07 bits per heavy atom. The number of nitrogens with zero attached hydrogens (tertiary/aromatic N) is 1. The first-order valence-corrected chi connectivity index (χ1v) is 10.3. The normalized spacial score (nSPS) is 16.8. The molecule has 0 bridgehead atoms. The Bertz CT molecular complexity index is 1080. The molecule has 1 aromatic heterocycles. The van der Waals surface area contributed by atoms with Gasteiger partial charge in [0.05, 0.1) is 19.3 Å². The molecule has 3 nitrogen and oxygen atoms in total. The molecule has 1 aliphatic carbocycles. The monoisotopic (exact) mass is 371 g/mol. The van der Waals surface area contributed by atoms with Crippen molar-refractivity contribution in [3.63, 3.8) is 0 Å². The Balaban J connectivity index is 1.84. The van der Waals surface area contributed by atoms with Gasteiger partial charge in [-0.1, -0.05) is 37.5 Å². The quantitative estimate of drug-likeness (QED) is 0.532. The molecule has 3 heteroatoms. The zero-order valence-electron chi connectivity index (χ0n) is 16.3. The summed E-state index contributed by atoms with van der Waals surface area (Å²) in [6.07, 6.45) is 9.47. The van der Waals surface area contributed by atoms with E-state index in [-0.39, 0.29) is 0 Å². The predicted molar refractivity (Wildman–Crippen MR) is 114 cm³/mol.